The SMILES string of the molecule is Cc1cccn(Cc2cc(F)cc([N+](=O)[O-])c2)c1=O. The van der Waals surface area contributed by atoms with E-state index < -0.39 is 10.7 Å². The maximum absolute atomic E-state index is 13.3. The summed E-state index contributed by atoms with van der Waals surface area (Å²) in [6, 6.07) is 6.67. The van der Waals surface area contributed by atoms with E-state index in [4.69, 9.17) is 0 Å². The maximum atomic E-state index is 13.3. The number of hydrogen-bond donors (Lipinski definition) is 0. The molecule has 1 heterocycles. The lowest BCUT2D eigenvalue weighted by Gasteiger charge is -2.06. The van der Waals surface area contributed by atoms with E-state index in [1.54, 1.807) is 25.3 Å². The van der Waals surface area contributed by atoms with Gasteiger partial charge < -0.3 is 4.57 Å². The van der Waals surface area contributed by atoms with Gasteiger partial charge in [-0.1, -0.05) is 6.07 Å². The van der Waals surface area contributed by atoms with Crippen molar-refractivity contribution in [1.82, 2.24) is 4.57 Å². The molecule has 98 valence electrons. The molecule has 0 saturated carbocycles. The van der Waals surface area contributed by atoms with Crippen LogP contribution in [0, 0.1) is 22.9 Å². The minimum absolute atomic E-state index is 0.0963. The second-order valence-corrected chi connectivity index (χ2v) is 4.20. The molecule has 0 aliphatic rings. The first kappa shape index (κ1) is 12.9. The Kier molecular flexibility index (Phi) is 3.41. The van der Waals surface area contributed by atoms with Crippen LogP contribution in [0.25, 0.3) is 0 Å². The Morgan fingerprint density at radius 1 is 1.37 bits per heavy atom. The average molecular weight is 262 g/mol. The van der Waals surface area contributed by atoms with Crippen LogP contribution >= 0.6 is 0 Å². The van der Waals surface area contributed by atoms with Gasteiger partial charge in [0.25, 0.3) is 11.2 Å². The number of pyridine rings is 1. The summed E-state index contributed by atoms with van der Waals surface area (Å²) in [6.07, 6.45) is 1.56. The van der Waals surface area contributed by atoms with Crippen molar-refractivity contribution in [3.8, 4) is 0 Å². The summed E-state index contributed by atoms with van der Waals surface area (Å²) < 4.78 is 14.7. The predicted octanol–water partition coefficient (Wildman–Crippen LogP) is 2.25. The van der Waals surface area contributed by atoms with Crippen molar-refractivity contribution >= 4 is 5.69 Å². The molecule has 6 heteroatoms. The minimum atomic E-state index is -0.690. The van der Waals surface area contributed by atoms with E-state index >= 15 is 0 Å². The number of nitro groups is 1. The zero-order chi connectivity index (χ0) is 14.0. The number of non-ortho nitro benzene ring substituents is 1. The van der Waals surface area contributed by atoms with Crippen molar-refractivity contribution in [3.63, 3.8) is 0 Å². The molecule has 5 nitrogen and oxygen atoms in total. The molecule has 0 spiro atoms. The summed E-state index contributed by atoms with van der Waals surface area (Å²) in [5, 5.41) is 10.6. The van der Waals surface area contributed by atoms with Gasteiger partial charge in [-0.05, 0) is 24.6 Å². The summed E-state index contributed by atoms with van der Waals surface area (Å²) in [7, 11) is 0. The van der Waals surface area contributed by atoms with Crippen LogP contribution in [0.15, 0.2) is 41.3 Å². The van der Waals surface area contributed by atoms with E-state index in [-0.39, 0.29) is 17.8 Å². The first-order valence-electron chi connectivity index (χ1n) is 5.57. The number of halogens is 1. The van der Waals surface area contributed by atoms with Crippen LogP contribution in [-0.4, -0.2) is 9.49 Å². The Morgan fingerprint density at radius 3 is 2.79 bits per heavy atom. The van der Waals surface area contributed by atoms with Crippen LogP contribution in [0.3, 0.4) is 0 Å². The molecule has 2 rings (SSSR count). The first-order valence-corrected chi connectivity index (χ1v) is 5.57. The van der Waals surface area contributed by atoms with Crippen LogP contribution < -0.4 is 5.56 Å². The molecule has 0 bridgehead atoms. The number of hydrogen-bond acceptors (Lipinski definition) is 3. The average Bonchev–Trinajstić information content (AvgIpc) is 2.34. The van der Waals surface area contributed by atoms with Gasteiger partial charge in [0.1, 0.15) is 5.82 Å². The minimum Gasteiger partial charge on any atom is -0.311 e. The third kappa shape index (κ3) is 2.85. The molecule has 0 N–H and O–H groups in total. The predicted molar refractivity (Wildman–Crippen MR) is 67.6 cm³/mol. The molecule has 0 amide bonds. The van der Waals surface area contributed by atoms with Crippen LogP contribution in [0.1, 0.15) is 11.1 Å². The maximum Gasteiger partial charge on any atom is 0.272 e. The van der Waals surface area contributed by atoms with Crippen LogP contribution in [0.4, 0.5) is 10.1 Å². The fourth-order valence-electron chi connectivity index (χ4n) is 1.81. The standard InChI is InChI=1S/C13H11FN2O3/c1-9-3-2-4-15(13(9)17)8-10-5-11(14)7-12(6-10)16(18)19/h2-7H,8H2,1H3. The summed E-state index contributed by atoms with van der Waals surface area (Å²) in [5.41, 5.74) is 0.415. The number of aryl methyl sites for hydroxylation is 1. The number of nitro benzene ring substituents is 1. The molecule has 0 aliphatic carbocycles. The fourth-order valence-corrected chi connectivity index (χ4v) is 1.81. The van der Waals surface area contributed by atoms with Crippen molar-refractivity contribution in [3.05, 3.63) is 73.9 Å². The Balaban J connectivity index is 2.41. The van der Waals surface area contributed by atoms with Crippen molar-refractivity contribution in [2.45, 2.75) is 13.5 Å². The summed E-state index contributed by atoms with van der Waals surface area (Å²) in [4.78, 5) is 21.8. The van der Waals surface area contributed by atoms with Crippen molar-refractivity contribution in [1.29, 1.82) is 0 Å². The summed E-state index contributed by atoms with van der Waals surface area (Å²) in [6.45, 7) is 1.77. The fraction of sp³-hybridized carbons (Fsp3) is 0.154. The van der Waals surface area contributed by atoms with Crippen LogP contribution in [-0.2, 0) is 6.54 Å². The van der Waals surface area contributed by atoms with Gasteiger partial charge in [-0.15, -0.1) is 0 Å². The highest BCUT2D eigenvalue weighted by Gasteiger charge is 2.10. The zero-order valence-corrected chi connectivity index (χ0v) is 10.2. The second kappa shape index (κ2) is 5.01. The molecule has 0 unspecified atom stereocenters. The molecular formula is C13H11FN2O3. The molecule has 19 heavy (non-hydrogen) atoms. The molecule has 0 aliphatic heterocycles. The Bertz CT molecular complexity index is 695. The van der Waals surface area contributed by atoms with Crippen molar-refractivity contribution < 1.29 is 9.31 Å². The van der Waals surface area contributed by atoms with E-state index in [0.29, 0.717) is 11.1 Å². The van der Waals surface area contributed by atoms with E-state index in [0.717, 1.165) is 6.07 Å². The van der Waals surface area contributed by atoms with E-state index in [2.05, 4.69) is 0 Å². The second-order valence-electron chi connectivity index (χ2n) is 4.20. The van der Waals surface area contributed by atoms with Crippen LogP contribution in [0.5, 0.6) is 0 Å². The molecule has 0 saturated heterocycles. The molecule has 0 atom stereocenters. The van der Waals surface area contributed by atoms with Gasteiger partial charge >= 0.3 is 0 Å². The van der Waals surface area contributed by atoms with Gasteiger partial charge in [0, 0.05) is 17.8 Å². The summed E-state index contributed by atoms with van der Waals surface area (Å²) >= 11 is 0. The lowest BCUT2D eigenvalue weighted by molar-refractivity contribution is -0.385. The molecule has 1 aromatic heterocycles. The highest BCUT2D eigenvalue weighted by molar-refractivity contribution is 5.35. The van der Waals surface area contributed by atoms with E-state index in [1.165, 1.54) is 16.7 Å². The number of benzene rings is 1. The highest BCUT2D eigenvalue weighted by Crippen LogP contribution is 2.16. The lowest BCUT2D eigenvalue weighted by atomic mass is 10.2. The first-order chi connectivity index (χ1) is 8.97. The third-order valence-electron chi connectivity index (χ3n) is 2.72. The molecular weight excluding hydrogens is 251 g/mol. The topological polar surface area (TPSA) is 65.1 Å². The van der Waals surface area contributed by atoms with Gasteiger partial charge in [0.05, 0.1) is 17.5 Å². The Morgan fingerprint density at radius 2 is 2.11 bits per heavy atom. The van der Waals surface area contributed by atoms with Crippen LogP contribution in [0.2, 0.25) is 0 Å². The largest absolute Gasteiger partial charge is 0.311 e. The van der Waals surface area contributed by atoms with Crippen molar-refractivity contribution in [2.24, 2.45) is 0 Å². The molecule has 1 aromatic carbocycles. The Labute approximate surface area is 108 Å². The molecule has 0 radical (unpaired) electrons. The van der Waals surface area contributed by atoms with Gasteiger partial charge in [-0.25, -0.2) is 4.39 Å². The van der Waals surface area contributed by atoms with Gasteiger partial charge in [0.2, 0.25) is 0 Å². The summed E-state index contributed by atoms with van der Waals surface area (Å²) in [5.74, 6) is -0.690. The number of rotatable bonds is 3. The van der Waals surface area contributed by atoms with E-state index in [9.17, 15) is 19.3 Å². The number of aromatic nitrogens is 1. The Hall–Kier alpha value is -2.50. The van der Waals surface area contributed by atoms with Crippen molar-refractivity contribution in [2.75, 3.05) is 0 Å². The van der Waals surface area contributed by atoms with E-state index in [1.807, 2.05) is 0 Å². The normalized spacial score (nSPS) is 10.4. The number of nitrogens with zero attached hydrogens (tertiary/aromatic N) is 2. The quantitative estimate of drug-likeness (QED) is 0.629. The van der Waals surface area contributed by atoms with Gasteiger partial charge in [0.15, 0.2) is 0 Å². The molecule has 2 aromatic rings. The third-order valence-corrected chi connectivity index (χ3v) is 2.72. The smallest absolute Gasteiger partial charge is 0.272 e. The van der Waals surface area contributed by atoms with Gasteiger partial charge in [-0.3, -0.25) is 14.9 Å². The monoisotopic (exact) mass is 262 g/mol. The highest BCUT2D eigenvalue weighted by atomic mass is 19.1. The zero-order valence-electron chi connectivity index (χ0n) is 10.2. The lowest BCUT2D eigenvalue weighted by Crippen LogP contribution is -2.21. The molecule has 0 fully saturated rings. The van der Waals surface area contributed by atoms with Gasteiger partial charge in [-0.2, -0.15) is 0 Å².